The Hall–Kier alpha value is 0.740. The lowest BCUT2D eigenvalue weighted by atomic mass is 15.8. The van der Waals surface area contributed by atoms with E-state index in [2.05, 4.69) is 0 Å². The third-order valence-corrected chi connectivity index (χ3v) is 0. The highest BCUT2D eigenvalue weighted by molar-refractivity contribution is 7.38. The highest BCUT2D eigenvalue weighted by Crippen LogP contribution is 2.11. The monoisotopic (exact) mass is 113 g/mol. The van der Waals surface area contributed by atoms with Crippen molar-refractivity contribution in [3.8, 4) is 0 Å². The molecule has 31 valence electrons. The van der Waals surface area contributed by atoms with Gasteiger partial charge in [-0.3, -0.25) is 0 Å². The molecule has 0 amide bonds. The zero-order chi connectivity index (χ0) is 3.58. The minimum absolute atomic E-state index is 0. The molecule has 0 aromatic heterocycles. The van der Waals surface area contributed by atoms with Crippen LogP contribution in [0.15, 0.2) is 0 Å². The van der Waals surface area contributed by atoms with Crippen molar-refractivity contribution in [3.63, 3.8) is 0 Å². The number of hydrogen-bond donors (Lipinski definition) is 3. The highest BCUT2D eigenvalue weighted by Gasteiger charge is 1.76. The first-order valence-electron chi connectivity index (χ1n) is 0.600. The van der Waals surface area contributed by atoms with Gasteiger partial charge in [-0.15, -0.1) is 0 Å². The molecular formula is H3O3P2. The van der Waals surface area contributed by atoms with Gasteiger partial charge in [-0.2, -0.15) is 0 Å². The van der Waals surface area contributed by atoms with E-state index in [-0.39, 0.29) is 9.90 Å². The average Bonchev–Trinajstić information content (AvgIpc) is 0.811. The molecule has 3 N–H and O–H groups in total. The van der Waals surface area contributed by atoms with Crippen molar-refractivity contribution >= 4 is 18.5 Å². The second-order valence-electron chi connectivity index (χ2n) is 0.268. The second-order valence-corrected chi connectivity index (χ2v) is 0.805. The van der Waals surface area contributed by atoms with E-state index in [1.807, 2.05) is 0 Å². The van der Waals surface area contributed by atoms with E-state index < -0.39 is 8.60 Å². The third kappa shape index (κ3) is 65.0. The quantitative estimate of drug-likeness (QED) is 0.389. The van der Waals surface area contributed by atoms with Crippen molar-refractivity contribution in [1.29, 1.82) is 0 Å². The molecule has 0 spiro atoms. The van der Waals surface area contributed by atoms with E-state index in [4.69, 9.17) is 14.7 Å². The van der Waals surface area contributed by atoms with Gasteiger partial charge in [0.1, 0.15) is 0 Å². The molecule has 0 rings (SSSR count). The average molecular weight is 113 g/mol. The fraction of sp³-hybridized carbons (Fsp3) is 0. The van der Waals surface area contributed by atoms with E-state index in [1.54, 1.807) is 0 Å². The van der Waals surface area contributed by atoms with Gasteiger partial charge in [-0.1, -0.05) is 0 Å². The molecule has 3 radical (unpaired) electrons. The predicted molar refractivity (Wildman–Crippen MR) is 20.5 cm³/mol. The van der Waals surface area contributed by atoms with E-state index in [0.717, 1.165) is 0 Å². The molecular weight excluding hydrogens is 110 g/mol. The first-order valence-corrected chi connectivity index (χ1v) is 1.80. The molecule has 0 aromatic carbocycles. The van der Waals surface area contributed by atoms with E-state index in [0.29, 0.717) is 0 Å². The minimum Gasteiger partial charge on any atom is -0.328 e. The maximum absolute atomic E-state index is 7.23. The molecule has 0 bridgehead atoms. The van der Waals surface area contributed by atoms with Crippen LogP contribution in [0.2, 0.25) is 0 Å². The molecule has 0 aliphatic rings. The van der Waals surface area contributed by atoms with Gasteiger partial charge in [-0.05, 0) is 0 Å². The van der Waals surface area contributed by atoms with Crippen LogP contribution in [0.5, 0.6) is 0 Å². The molecule has 5 heavy (non-hydrogen) atoms. The zero-order valence-corrected chi connectivity index (χ0v) is 4.02. The lowest BCUT2D eigenvalue weighted by Crippen LogP contribution is -1.54. The molecule has 0 atom stereocenters. The van der Waals surface area contributed by atoms with E-state index in [9.17, 15) is 0 Å². The first kappa shape index (κ1) is 9.22. The molecule has 5 heteroatoms. The molecule has 0 saturated heterocycles. The summed E-state index contributed by atoms with van der Waals surface area (Å²) >= 11 is 0. The van der Waals surface area contributed by atoms with Crippen molar-refractivity contribution in [2.24, 2.45) is 0 Å². The van der Waals surface area contributed by atoms with Crippen molar-refractivity contribution in [2.45, 2.75) is 0 Å². The summed E-state index contributed by atoms with van der Waals surface area (Å²) in [6.07, 6.45) is 0. The third-order valence-electron chi connectivity index (χ3n) is 0. The van der Waals surface area contributed by atoms with Crippen molar-refractivity contribution < 1.29 is 14.7 Å². The van der Waals surface area contributed by atoms with Crippen LogP contribution in [-0.2, 0) is 0 Å². The van der Waals surface area contributed by atoms with E-state index in [1.165, 1.54) is 0 Å². The topological polar surface area (TPSA) is 60.7 Å². The predicted octanol–water partition coefficient (Wildman–Crippen LogP) is 0.0514. The van der Waals surface area contributed by atoms with Gasteiger partial charge < -0.3 is 14.7 Å². The minimum atomic E-state index is -2.62. The summed E-state index contributed by atoms with van der Waals surface area (Å²) in [5.74, 6) is 0. The Labute approximate surface area is 34.3 Å². The summed E-state index contributed by atoms with van der Waals surface area (Å²) < 4.78 is 0. The zero-order valence-electron chi connectivity index (χ0n) is 2.24. The maximum Gasteiger partial charge on any atom is 0.324 e. The fourth-order valence-corrected chi connectivity index (χ4v) is 0. The van der Waals surface area contributed by atoms with Gasteiger partial charge in [0.25, 0.3) is 0 Å². The Morgan fingerprint density at radius 3 is 1.00 bits per heavy atom. The summed E-state index contributed by atoms with van der Waals surface area (Å²) in [5, 5.41) is 0. The van der Waals surface area contributed by atoms with Crippen LogP contribution >= 0.6 is 18.5 Å². The van der Waals surface area contributed by atoms with Crippen LogP contribution in [0, 0.1) is 0 Å². The summed E-state index contributed by atoms with van der Waals surface area (Å²) in [6.45, 7) is 0. The van der Waals surface area contributed by atoms with Crippen molar-refractivity contribution in [2.75, 3.05) is 0 Å². The molecule has 0 heterocycles. The van der Waals surface area contributed by atoms with Gasteiger partial charge >= 0.3 is 8.60 Å². The Bertz CT molecular complexity index is 9.61. The van der Waals surface area contributed by atoms with Crippen LogP contribution in [0.4, 0.5) is 0 Å². The molecule has 0 aliphatic carbocycles. The van der Waals surface area contributed by atoms with Gasteiger partial charge in [0.05, 0.1) is 0 Å². The Kier molecular flexibility index (Phi) is 8.74. The van der Waals surface area contributed by atoms with Crippen LogP contribution in [0.1, 0.15) is 0 Å². The summed E-state index contributed by atoms with van der Waals surface area (Å²) in [6, 6.07) is 0. The van der Waals surface area contributed by atoms with Gasteiger partial charge in [0.2, 0.25) is 0 Å². The smallest absolute Gasteiger partial charge is 0.324 e. The van der Waals surface area contributed by atoms with Gasteiger partial charge in [-0.25, -0.2) is 0 Å². The molecule has 0 aliphatic heterocycles. The Balaban J connectivity index is 0. The summed E-state index contributed by atoms with van der Waals surface area (Å²) in [4.78, 5) is 21.7. The van der Waals surface area contributed by atoms with Crippen LogP contribution < -0.4 is 0 Å². The van der Waals surface area contributed by atoms with Crippen molar-refractivity contribution in [3.05, 3.63) is 0 Å². The molecule has 0 saturated carbocycles. The summed E-state index contributed by atoms with van der Waals surface area (Å²) in [7, 11) is -2.62. The summed E-state index contributed by atoms with van der Waals surface area (Å²) in [5.41, 5.74) is 0. The first-order chi connectivity index (χ1) is 1.73. The molecule has 0 unspecified atom stereocenters. The normalized spacial score (nSPS) is 7.20. The maximum atomic E-state index is 7.23. The lowest BCUT2D eigenvalue weighted by Gasteiger charge is -1.76. The Morgan fingerprint density at radius 2 is 1.00 bits per heavy atom. The number of rotatable bonds is 0. The molecule has 0 fully saturated rings. The largest absolute Gasteiger partial charge is 0.328 e. The van der Waals surface area contributed by atoms with Crippen LogP contribution in [0.3, 0.4) is 0 Å². The lowest BCUT2D eigenvalue weighted by molar-refractivity contribution is 0.368. The highest BCUT2D eigenvalue weighted by atomic mass is 31.2. The van der Waals surface area contributed by atoms with E-state index >= 15 is 0 Å². The SMILES string of the molecule is OP(O)O.[P]. The molecule has 0 aromatic rings. The van der Waals surface area contributed by atoms with Gasteiger partial charge in [0, 0.05) is 9.90 Å². The second kappa shape index (κ2) is 4.74. The van der Waals surface area contributed by atoms with Crippen molar-refractivity contribution in [1.82, 2.24) is 0 Å². The van der Waals surface area contributed by atoms with Gasteiger partial charge in [0.15, 0.2) is 0 Å². The molecule has 3 nitrogen and oxygen atoms in total. The number of hydrogen-bond acceptors (Lipinski definition) is 3. The van der Waals surface area contributed by atoms with Crippen LogP contribution in [-0.4, -0.2) is 14.7 Å². The fourth-order valence-electron chi connectivity index (χ4n) is 0. The Morgan fingerprint density at radius 1 is 1.00 bits per heavy atom. The standard InChI is InChI=1S/H3O3P.P/c1-4(2)3;/h1-3H;. The van der Waals surface area contributed by atoms with Crippen LogP contribution in [0.25, 0.3) is 0 Å².